The Kier molecular flexibility index (Phi) is 6.05. The highest BCUT2D eigenvalue weighted by Gasteiger charge is 2.14. The fourth-order valence-electron chi connectivity index (χ4n) is 2.62. The highest BCUT2D eigenvalue weighted by Crippen LogP contribution is 2.20. The molecule has 2 rings (SSSR count). The topological polar surface area (TPSA) is 50.4 Å². The summed E-state index contributed by atoms with van der Waals surface area (Å²) >= 11 is 0. The molecule has 0 spiro atoms. The zero-order chi connectivity index (χ0) is 15.1. The second-order valence-electron chi connectivity index (χ2n) is 5.97. The van der Waals surface area contributed by atoms with E-state index < -0.39 is 0 Å². The maximum absolute atomic E-state index is 12.0. The minimum atomic E-state index is 0.103. The molecule has 4 heteroatoms. The molecule has 1 aliphatic rings. The van der Waals surface area contributed by atoms with Crippen molar-refractivity contribution in [1.29, 1.82) is 0 Å². The van der Waals surface area contributed by atoms with Gasteiger partial charge in [0.2, 0.25) is 5.91 Å². The number of hydrogen-bond acceptors (Lipinski definition) is 3. The van der Waals surface area contributed by atoms with Crippen molar-refractivity contribution < 1.29 is 9.53 Å². The quantitative estimate of drug-likeness (QED) is 0.846. The van der Waals surface area contributed by atoms with Crippen LogP contribution in [0.5, 0.6) is 5.75 Å². The van der Waals surface area contributed by atoms with Gasteiger partial charge in [0.1, 0.15) is 5.75 Å². The van der Waals surface area contributed by atoms with E-state index >= 15 is 0 Å². The maximum atomic E-state index is 12.0. The number of amides is 1. The molecule has 1 amide bonds. The highest BCUT2D eigenvalue weighted by molar-refractivity contribution is 5.90. The lowest BCUT2D eigenvalue weighted by Gasteiger charge is -2.22. The van der Waals surface area contributed by atoms with E-state index in [-0.39, 0.29) is 12.0 Å². The number of rotatable bonds is 6. The Morgan fingerprint density at radius 2 is 1.95 bits per heavy atom. The summed E-state index contributed by atoms with van der Waals surface area (Å²) in [5, 5.41) is 6.30. The van der Waals surface area contributed by atoms with Crippen LogP contribution in [-0.2, 0) is 4.79 Å². The molecule has 116 valence electrons. The number of carbonyl (C=O) groups is 1. The second-order valence-corrected chi connectivity index (χ2v) is 5.97. The van der Waals surface area contributed by atoms with Crippen molar-refractivity contribution in [3.63, 3.8) is 0 Å². The molecule has 0 aromatic heterocycles. The predicted octanol–water partition coefficient (Wildman–Crippen LogP) is 3.19. The smallest absolute Gasteiger partial charge is 0.224 e. The first kappa shape index (κ1) is 15.8. The summed E-state index contributed by atoms with van der Waals surface area (Å²) in [6, 6.07) is 7.56. The average Bonchev–Trinajstić information content (AvgIpc) is 2.48. The van der Waals surface area contributed by atoms with Gasteiger partial charge in [-0.05, 0) is 76.4 Å². The van der Waals surface area contributed by atoms with Gasteiger partial charge in [0, 0.05) is 12.1 Å². The average molecular weight is 290 g/mol. The van der Waals surface area contributed by atoms with Crippen LogP contribution in [-0.4, -0.2) is 25.1 Å². The van der Waals surface area contributed by atoms with Crippen LogP contribution in [0, 0.1) is 5.92 Å². The number of nitrogens with one attached hydrogen (secondary N) is 2. The van der Waals surface area contributed by atoms with Crippen molar-refractivity contribution in [2.45, 2.75) is 45.6 Å². The van der Waals surface area contributed by atoms with Gasteiger partial charge in [-0.3, -0.25) is 4.79 Å². The Labute approximate surface area is 127 Å². The molecule has 0 saturated carbocycles. The number of carbonyl (C=O) groups excluding carboxylic acids is 1. The van der Waals surface area contributed by atoms with Crippen LogP contribution in [0.3, 0.4) is 0 Å². The van der Waals surface area contributed by atoms with Gasteiger partial charge in [0.15, 0.2) is 0 Å². The Morgan fingerprint density at radius 1 is 1.29 bits per heavy atom. The van der Waals surface area contributed by atoms with Crippen LogP contribution < -0.4 is 15.4 Å². The zero-order valence-electron chi connectivity index (χ0n) is 13.0. The van der Waals surface area contributed by atoms with Crippen molar-refractivity contribution in [1.82, 2.24) is 5.32 Å². The number of ether oxygens (including phenoxy) is 1. The fraction of sp³-hybridized carbons (Fsp3) is 0.588. The van der Waals surface area contributed by atoms with Gasteiger partial charge in [-0.2, -0.15) is 0 Å². The van der Waals surface area contributed by atoms with Crippen LogP contribution in [0.25, 0.3) is 0 Å². The molecule has 4 nitrogen and oxygen atoms in total. The van der Waals surface area contributed by atoms with E-state index in [2.05, 4.69) is 10.6 Å². The van der Waals surface area contributed by atoms with Crippen LogP contribution in [0.4, 0.5) is 5.69 Å². The Balaban J connectivity index is 1.74. The van der Waals surface area contributed by atoms with Crippen molar-refractivity contribution >= 4 is 11.6 Å². The number of hydrogen-bond donors (Lipinski definition) is 2. The fourth-order valence-corrected chi connectivity index (χ4v) is 2.62. The molecule has 0 atom stereocenters. The first-order valence-corrected chi connectivity index (χ1v) is 7.91. The molecule has 0 unspecified atom stereocenters. The second kappa shape index (κ2) is 8.03. The molecule has 1 heterocycles. The Morgan fingerprint density at radius 3 is 2.57 bits per heavy atom. The zero-order valence-corrected chi connectivity index (χ0v) is 13.0. The number of anilines is 1. The standard InChI is InChI=1S/C17H26N2O2/c1-13(2)21-16-6-4-15(5-7-16)19-17(20)8-3-14-9-11-18-12-10-14/h4-7,13-14,18H,3,8-12H2,1-2H3,(H,19,20). The SMILES string of the molecule is CC(C)Oc1ccc(NC(=O)CCC2CCNCC2)cc1. The molecule has 1 saturated heterocycles. The van der Waals surface area contributed by atoms with Crippen LogP contribution >= 0.6 is 0 Å². The van der Waals surface area contributed by atoms with E-state index in [1.54, 1.807) is 0 Å². The molecule has 2 N–H and O–H groups in total. The van der Waals surface area contributed by atoms with Gasteiger partial charge < -0.3 is 15.4 Å². The Hall–Kier alpha value is -1.55. The summed E-state index contributed by atoms with van der Waals surface area (Å²) in [6.45, 7) is 6.17. The van der Waals surface area contributed by atoms with Crippen molar-refractivity contribution in [2.75, 3.05) is 18.4 Å². The van der Waals surface area contributed by atoms with Crippen molar-refractivity contribution in [3.05, 3.63) is 24.3 Å². The molecule has 1 fully saturated rings. The van der Waals surface area contributed by atoms with E-state index in [0.29, 0.717) is 12.3 Å². The maximum Gasteiger partial charge on any atom is 0.224 e. The molecular formula is C17H26N2O2. The van der Waals surface area contributed by atoms with Gasteiger partial charge >= 0.3 is 0 Å². The van der Waals surface area contributed by atoms with E-state index in [1.807, 2.05) is 38.1 Å². The van der Waals surface area contributed by atoms with E-state index in [0.717, 1.165) is 30.9 Å². The first-order chi connectivity index (χ1) is 10.1. The monoisotopic (exact) mass is 290 g/mol. The molecular weight excluding hydrogens is 264 g/mol. The van der Waals surface area contributed by atoms with Gasteiger partial charge in [0.25, 0.3) is 0 Å². The van der Waals surface area contributed by atoms with Gasteiger partial charge in [-0.1, -0.05) is 0 Å². The molecule has 1 aromatic rings. The molecule has 0 bridgehead atoms. The lowest BCUT2D eigenvalue weighted by Crippen LogP contribution is -2.28. The van der Waals surface area contributed by atoms with Crippen LogP contribution in [0.1, 0.15) is 39.5 Å². The minimum absolute atomic E-state index is 0.103. The lowest BCUT2D eigenvalue weighted by atomic mass is 9.93. The van der Waals surface area contributed by atoms with E-state index in [1.165, 1.54) is 12.8 Å². The number of benzene rings is 1. The highest BCUT2D eigenvalue weighted by atomic mass is 16.5. The van der Waals surface area contributed by atoms with E-state index in [9.17, 15) is 4.79 Å². The lowest BCUT2D eigenvalue weighted by molar-refractivity contribution is -0.116. The van der Waals surface area contributed by atoms with Crippen LogP contribution in [0.15, 0.2) is 24.3 Å². The first-order valence-electron chi connectivity index (χ1n) is 7.91. The van der Waals surface area contributed by atoms with Gasteiger partial charge in [0.05, 0.1) is 6.10 Å². The molecule has 0 aliphatic carbocycles. The summed E-state index contributed by atoms with van der Waals surface area (Å²) < 4.78 is 5.58. The predicted molar refractivity (Wildman–Crippen MR) is 85.7 cm³/mol. The number of piperidine rings is 1. The van der Waals surface area contributed by atoms with Crippen molar-refractivity contribution in [2.24, 2.45) is 5.92 Å². The van der Waals surface area contributed by atoms with E-state index in [4.69, 9.17) is 4.74 Å². The third-order valence-electron chi connectivity index (χ3n) is 3.75. The third kappa shape index (κ3) is 5.76. The molecule has 0 radical (unpaired) electrons. The normalized spacial score (nSPS) is 16.0. The third-order valence-corrected chi connectivity index (χ3v) is 3.75. The molecule has 1 aromatic carbocycles. The summed E-state index contributed by atoms with van der Waals surface area (Å²) in [5.41, 5.74) is 0.835. The minimum Gasteiger partial charge on any atom is -0.491 e. The molecule has 1 aliphatic heterocycles. The summed E-state index contributed by atoms with van der Waals surface area (Å²) in [7, 11) is 0. The largest absolute Gasteiger partial charge is 0.491 e. The summed E-state index contributed by atoms with van der Waals surface area (Å²) in [5.74, 6) is 1.63. The Bertz CT molecular complexity index is 437. The summed E-state index contributed by atoms with van der Waals surface area (Å²) in [4.78, 5) is 12.0. The van der Waals surface area contributed by atoms with Gasteiger partial charge in [-0.15, -0.1) is 0 Å². The van der Waals surface area contributed by atoms with Crippen molar-refractivity contribution in [3.8, 4) is 5.75 Å². The van der Waals surface area contributed by atoms with Gasteiger partial charge in [-0.25, -0.2) is 0 Å². The molecule has 21 heavy (non-hydrogen) atoms. The summed E-state index contributed by atoms with van der Waals surface area (Å²) in [6.07, 6.45) is 4.13. The van der Waals surface area contributed by atoms with Crippen LogP contribution in [0.2, 0.25) is 0 Å².